The summed E-state index contributed by atoms with van der Waals surface area (Å²) in [6, 6.07) is 7.29. The van der Waals surface area contributed by atoms with E-state index in [4.69, 9.17) is 0 Å². The zero-order chi connectivity index (χ0) is 37.3. The molecule has 264 valence electrons. The third-order valence-electron chi connectivity index (χ3n) is 7.80. The Balaban J connectivity index is 1.48. The first kappa shape index (κ1) is 37.1. The number of aliphatic carboxylic acids is 1. The fraction of sp³-hybridized carbons (Fsp3) is 0.273. The number of hydrogen-bond acceptors (Lipinski definition) is 8. The first-order chi connectivity index (χ1) is 23.2. The van der Waals surface area contributed by atoms with Gasteiger partial charge in [0.2, 0.25) is 5.91 Å². The van der Waals surface area contributed by atoms with Crippen LogP contribution >= 0.6 is 0 Å². The number of carboxylic acid groups (broad SMARTS) is 1. The van der Waals surface area contributed by atoms with Gasteiger partial charge in [-0.15, -0.1) is 0 Å². The molecule has 0 fully saturated rings. The number of carboxylic acids is 1. The van der Waals surface area contributed by atoms with Crippen molar-refractivity contribution in [1.82, 2.24) is 19.4 Å². The molecule has 0 unspecified atom stereocenters. The van der Waals surface area contributed by atoms with Crippen LogP contribution in [0.4, 0.5) is 20.3 Å². The normalized spacial score (nSPS) is 12.2. The molecule has 0 spiro atoms. The van der Waals surface area contributed by atoms with Gasteiger partial charge in [-0.1, -0.05) is 32.9 Å². The summed E-state index contributed by atoms with van der Waals surface area (Å²) in [5, 5.41) is 14.4. The lowest BCUT2D eigenvalue weighted by Gasteiger charge is -2.17. The average molecular weight is 713 g/mol. The van der Waals surface area contributed by atoms with Gasteiger partial charge in [0.1, 0.15) is 28.4 Å². The molecule has 0 saturated heterocycles. The SMILES string of the molecule is Cc1c(C)n(C)c(=O)n(-c2ccc(C[C@H](NC(=O)c3cc(F)c(NS(=O)(=O)c4ccc(NC(=O)C(C)(C)C)nc4)cc3F)C(=O)O)cc2)c1=O. The van der Waals surface area contributed by atoms with E-state index in [0.29, 0.717) is 29.0 Å². The van der Waals surface area contributed by atoms with Crippen LogP contribution < -0.4 is 26.6 Å². The van der Waals surface area contributed by atoms with Crippen LogP contribution in [0, 0.1) is 30.9 Å². The maximum absolute atomic E-state index is 15.0. The van der Waals surface area contributed by atoms with Gasteiger partial charge in [-0.3, -0.25) is 19.1 Å². The third kappa shape index (κ3) is 7.94. The molecule has 0 bridgehead atoms. The van der Waals surface area contributed by atoms with Crippen LogP contribution in [0.5, 0.6) is 0 Å². The lowest BCUT2D eigenvalue weighted by molar-refractivity contribution is -0.139. The Bertz CT molecular complexity index is 2190. The number of pyridine rings is 1. The van der Waals surface area contributed by atoms with E-state index in [0.717, 1.165) is 16.8 Å². The number of amides is 2. The van der Waals surface area contributed by atoms with E-state index < -0.39 is 72.4 Å². The maximum atomic E-state index is 15.0. The molecule has 2 amide bonds. The monoisotopic (exact) mass is 712 g/mol. The van der Waals surface area contributed by atoms with Gasteiger partial charge in [-0.05, 0) is 49.7 Å². The Hall–Kier alpha value is -5.71. The van der Waals surface area contributed by atoms with Gasteiger partial charge in [-0.25, -0.2) is 36.3 Å². The lowest BCUT2D eigenvalue weighted by atomic mass is 9.96. The molecule has 0 aliphatic rings. The Morgan fingerprint density at radius 1 is 0.980 bits per heavy atom. The number of benzene rings is 2. The fourth-order valence-corrected chi connectivity index (χ4v) is 5.56. The molecular weight excluding hydrogens is 678 g/mol. The number of hydrogen-bond donors (Lipinski definition) is 4. The Morgan fingerprint density at radius 3 is 2.18 bits per heavy atom. The van der Waals surface area contributed by atoms with Gasteiger partial charge in [0, 0.05) is 42.4 Å². The second-order valence-corrected chi connectivity index (χ2v) is 14.1. The zero-order valence-electron chi connectivity index (χ0n) is 27.8. The number of anilines is 2. The second-order valence-electron chi connectivity index (χ2n) is 12.4. The fourth-order valence-electron chi connectivity index (χ4n) is 4.55. The lowest BCUT2D eigenvalue weighted by Crippen LogP contribution is -2.42. The standard InChI is InChI=1S/C33H34F2N6O8S/c1-17-18(2)40(6)32(47)41(29(17)43)20-9-7-19(8-10-20)13-26(30(44)45)37-28(42)22-14-24(35)25(15-23(22)34)39-50(48,49)21-11-12-27(36-16-21)38-31(46)33(3,4)5/h7-12,14-16,26,39H,13H2,1-6H3,(H,37,42)(H,44,45)(H,36,38,46)/t26-/m0/s1. The highest BCUT2D eigenvalue weighted by Crippen LogP contribution is 2.24. The van der Waals surface area contributed by atoms with Crippen molar-refractivity contribution in [3.8, 4) is 5.69 Å². The van der Waals surface area contributed by atoms with E-state index in [1.807, 2.05) is 4.72 Å². The summed E-state index contributed by atoms with van der Waals surface area (Å²) in [5.41, 5.74) is -2.10. The number of carbonyl (C=O) groups is 3. The molecule has 14 nitrogen and oxygen atoms in total. The summed E-state index contributed by atoms with van der Waals surface area (Å²) in [5.74, 6) is -5.78. The highest BCUT2D eigenvalue weighted by molar-refractivity contribution is 7.92. The predicted octanol–water partition coefficient (Wildman–Crippen LogP) is 3.04. The Kier molecular flexibility index (Phi) is 10.4. The van der Waals surface area contributed by atoms with Crippen molar-refractivity contribution in [2.24, 2.45) is 12.5 Å². The molecule has 4 N–H and O–H groups in total. The summed E-state index contributed by atoms with van der Waals surface area (Å²) in [7, 11) is -2.98. The molecule has 0 aliphatic heterocycles. The maximum Gasteiger partial charge on any atom is 0.335 e. The van der Waals surface area contributed by atoms with Crippen LogP contribution in [-0.2, 0) is 33.1 Å². The van der Waals surface area contributed by atoms with Crippen molar-refractivity contribution in [2.45, 2.75) is 52.0 Å². The number of nitrogens with one attached hydrogen (secondary N) is 3. The Morgan fingerprint density at radius 2 is 1.62 bits per heavy atom. The molecule has 1 atom stereocenters. The second kappa shape index (κ2) is 14.0. The highest BCUT2D eigenvalue weighted by atomic mass is 32.2. The van der Waals surface area contributed by atoms with Crippen molar-refractivity contribution < 1.29 is 36.7 Å². The topological polar surface area (TPSA) is 199 Å². The van der Waals surface area contributed by atoms with E-state index >= 15 is 8.78 Å². The van der Waals surface area contributed by atoms with Crippen molar-refractivity contribution >= 4 is 39.3 Å². The molecule has 0 aliphatic carbocycles. The molecule has 17 heteroatoms. The molecule has 4 rings (SSSR count). The minimum atomic E-state index is -4.50. The number of carbonyl (C=O) groups excluding carboxylic acids is 2. The van der Waals surface area contributed by atoms with Gasteiger partial charge in [0.25, 0.3) is 21.5 Å². The molecule has 0 saturated carbocycles. The van der Waals surface area contributed by atoms with Gasteiger partial charge in [0.15, 0.2) is 0 Å². The summed E-state index contributed by atoms with van der Waals surface area (Å²) in [6.45, 7) is 8.23. The van der Waals surface area contributed by atoms with Gasteiger partial charge in [-0.2, -0.15) is 0 Å². The smallest absolute Gasteiger partial charge is 0.335 e. The molecule has 2 aromatic heterocycles. The van der Waals surface area contributed by atoms with E-state index in [1.165, 1.54) is 41.9 Å². The molecule has 2 heterocycles. The molecule has 0 radical (unpaired) electrons. The van der Waals surface area contributed by atoms with E-state index in [1.54, 1.807) is 34.6 Å². The van der Waals surface area contributed by atoms with Crippen LogP contribution in [0.1, 0.15) is 48.0 Å². The van der Waals surface area contributed by atoms with Crippen molar-refractivity contribution in [1.29, 1.82) is 0 Å². The predicted molar refractivity (Wildman–Crippen MR) is 179 cm³/mol. The van der Waals surface area contributed by atoms with Crippen LogP contribution in [0.3, 0.4) is 0 Å². The zero-order valence-corrected chi connectivity index (χ0v) is 28.6. The van der Waals surface area contributed by atoms with Crippen molar-refractivity contribution in [3.05, 3.63) is 110 Å². The summed E-state index contributed by atoms with van der Waals surface area (Å²) in [6.07, 6.45) is 0.594. The number of nitrogens with zero attached hydrogens (tertiary/aromatic N) is 3. The van der Waals surface area contributed by atoms with Gasteiger partial charge >= 0.3 is 11.7 Å². The highest BCUT2D eigenvalue weighted by Gasteiger charge is 2.26. The summed E-state index contributed by atoms with van der Waals surface area (Å²) in [4.78, 5) is 66.0. The van der Waals surface area contributed by atoms with E-state index in [2.05, 4.69) is 15.6 Å². The molecule has 2 aromatic carbocycles. The first-order valence-electron chi connectivity index (χ1n) is 14.9. The summed E-state index contributed by atoms with van der Waals surface area (Å²) >= 11 is 0. The minimum Gasteiger partial charge on any atom is -0.480 e. The van der Waals surface area contributed by atoms with Crippen molar-refractivity contribution in [2.75, 3.05) is 10.0 Å². The quantitative estimate of drug-likeness (QED) is 0.191. The average Bonchev–Trinajstić information content (AvgIpc) is 3.04. The van der Waals surface area contributed by atoms with E-state index in [9.17, 15) is 37.5 Å². The number of halogens is 2. The number of sulfonamides is 1. The Labute approximate surface area is 284 Å². The first-order valence-corrected chi connectivity index (χ1v) is 16.4. The van der Waals surface area contributed by atoms with Crippen LogP contribution in [0.2, 0.25) is 0 Å². The summed E-state index contributed by atoms with van der Waals surface area (Å²) < 4.78 is 59.9. The van der Waals surface area contributed by atoms with Crippen LogP contribution in [0.25, 0.3) is 5.69 Å². The largest absolute Gasteiger partial charge is 0.480 e. The molecule has 50 heavy (non-hydrogen) atoms. The van der Waals surface area contributed by atoms with Crippen LogP contribution in [0.15, 0.2) is 69.2 Å². The number of rotatable bonds is 10. The molecule has 4 aromatic rings. The van der Waals surface area contributed by atoms with Gasteiger partial charge < -0.3 is 20.3 Å². The molecular formula is C33H34F2N6O8S. The minimum absolute atomic E-state index is 0.0643. The van der Waals surface area contributed by atoms with Crippen LogP contribution in [-0.4, -0.2) is 51.5 Å². The van der Waals surface area contributed by atoms with E-state index in [-0.39, 0.29) is 23.8 Å². The number of aromatic nitrogens is 3. The third-order valence-corrected chi connectivity index (χ3v) is 9.15. The van der Waals surface area contributed by atoms with Gasteiger partial charge in [0.05, 0.1) is 16.9 Å². The van der Waals surface area contributed by atoms with Crippen molar-refractivity contribution in [3.63, 3.8) is 0 Å².